The maximum Gasteiger partial charge on any atom is 0.220 e. The molecule has 1 heterocycles. The first-order chi connectivity index (χ1) is 9.08. The number of likely N-dealkylation sites (N-methyl/N-ethyl adjacent to an activating group) is 1. The van der Waals surface area contributed by atoms with E-state index in [2.05, 4.69) is 29.4 Å². The lowest BCUT2D eigenvalue weighted by molar-refractivity contribution is -0.122. The molecule has 0 radical (unpaired) electrons. The highest BCUT2D eigenvalue weighted by Gasteiger charge is 2.29. The Bertz CT molecular complexity index is 427. The molecule has 5 nitrogen and oxygen atoms in total. The zero-order chi connectivity index (χ0) is 13.8. The van der Waals surface area contributed by atoms with Gasteiger partial charge in [0.15, 0.2) is 0 Å². The summed E-state index contributed by atoms with van der Waals surface area (Å²) in [5, 5.41) is 7.29. The Hall–Kier alpha value is -1.36. The molecule has 1 aliphatic carbocycles. The highest BCUT2D eigenvalue weighted by Crippen LogP contribution is 2.22. The molecule has 0 aliphatic heterocycles. The van der Waals surface area contributed by atoms with Crippen LogP contribution in [0.5, 0.6) is 0 Å². The van der Waals surface area contributed by atoms with Crippen LogP contribution in [-0.2, 0) is 18.3 Å². The molecule has 0 aromatic carbocycles. The molecular formula is C14H24N4O. The Labute approximate surface area is 115 Å². The maximum atomic E-state index is 12.0. The minimum Gasteiger partial charge on any atom is -0.352 e. The van der Waals surface area contributed by atoms with Gasteiger partial charge in [0, 0.05) is 37.4 Å². The van der Waals surface area contributed by atoms with E-state index in [4.69, 9.17) is 0 Å². The van der Waals surface area contributed by atoms with Crippen molar-refractivity contribution >= 4 is 5.91 Å². The number of amides is 1. The first kappa shape index (κ1) is 14.1. The van der Waals surface area contributed by atoms with Gasteiger partial charge in [0.2, 0.25) is 5.91 Å². The second kappa shape index (κ2) is 6.19. The molecule has 0 saturated heterocycles. The van der Waals surface area contributed by atoms with Crippen LogP contribution in [0.2, 0.25) is 0 Å². The third-order valence-corrected chi connectivity index (χ3v) is 4.02. The van der Waals surface area contributed by atoms with Crippen LogP contribution in [-0.4, -0.2) is 46.8 Å². The predicted molar refractivity (Wildman–Crippen MR) is 74.8 cm³/mol. The quantitative estimate of drug-likeness (QED) is 0.861. The summed E-state index contributed by atoms with van der Waals surface area (Å²) in [6.07, 6.45) is 6.54. The van der Waals surface area contributed by atoms with Gasteiger partial charge in [-0.15, -0.1) is 0 Å². The third kappa shape index (κ3) is 3.56. The van der Waals surface area contributed by atoms with E-state index in [1.807, 2.05) is 17.8 Å². The van der Waals surface area contributed by atoms with E-state index >= 15 is 0 Å². The molecule has 5 heteroatoms. The molecule has 1 amide bonds. The van der Waals surface area contributed by atoms with Gasteiger partial charge in [0.05, 0.1) is 0 Å². The molecule has 106 valence electrons. The zero-order valence-corrected chi connectivity index (χ0v) is 12.1. The van der Waals surface area contributed by atoms with Crippen molar-refractivity contribution in [2.75, 3.05) is 14.1 Å². The number of nitrogens with zero attached hydrogens (tertiary/aromatic N) is 3. The van der Waals surface area contributed by atoms with Gasteiger partial charge in [0.1, 0.15) is 0 Å². The highest BCUT2D eigenvalue weighted by molar-refractivity contribution is 5.76. The lowest BCUT2D eigenvalue weighted by Gasteiger charge is -2.26. The average Bonchev–Trinajstić information content (AvgIpc) is 2.95. The largest absolute Gasteiger partial charge is 0.352 e. The van der Waals surface area contributed by atoms with Crippen molar-refractivity contribution in [3.8, 4) is 0 Å². The van der Waals surface area contributed by atoms with Gasteiger partial charge in [-0.2, -0.15) is 5.10 Å². The van der Waals surface area contributed by atoms with Crippen molar-refractivity contribution in [2.45, 2.75) is 44.2 Å². The van der Waals surface area contributed by atoms with E-state index in [1.165, 1.54) is 12.8 Å². The lowest BCUT2D eigenvalue weighted by Crippen LogP contribution is -2.46. The van der Waals surface area contributed by atoms with Gasteiger partial charge in [-0.05, 0) is 45.8 Å². The SMILES string of the molecule is CN(C)[C@@H]1CCC[C@H]1NC(=O)CCc1ccnn1C. The summed E-state index contributed by atoms with van der Waals surface area (Å²) in [5.41, 5.74) is 1.10. The predicted octanol–water partition coefficient (Wildman–Crippen LogP) is 0.952. The third-order valence-electron chi connectivity index (χ3n) is 4.02. The molecule has 2 rings (SSSR count). The van der Waals surface area contributed by atoms with E-state index in [-0.39, 0.29) is 5.91 Å². The molecule has 2 atom stereocenters. The van der Waals surface area contributed by atoms with Crippen molar-refractivity contribution in [3.63, 3.8) is 0 Å². The monoisotopic (exact) mass is 264 g/mol. The summed E-state index contributed by atoms with van der Waals surface area (Å²) < 4.78 is 1.82. The summed E-state index contributed by atoms with van der Waals surface area (Å²) in [5.74, 6) is 0.153. The number of carbonyl (C=O) groups is 1. The van der Waals surface area contributed by atoms with Gasteiger partial charge in [-0.1, -0.05) is 0 Å². The summed E-state index contributed by atoms with van der Waals surface area (Å²) in [6, 6.07) is 2.76. The Morgan fingerprint density at radius 2 is 2.32 bits per heavy atom. The number of aryl methyl sites for hydroxylation is 2. The van der Waals surface area contributed by atoms with Crippen molar-refractivity contribution < 1.29 is 4.79 Å². The molecule has 1 N–H and O–H groups in total. The van der Waals surface area contributed by atoms with Gasteiger partial charge in [-0.25, -0.2) is 0 Å². The van der Waals surface area contributed by atoms with Crippen LogP contribution in [0.25, 0.3) is 0 Å². The topological polar surface area (TPSA) is 50.2 Å². The first-order valence-corrected chi connectivity index (χ1v) is 7.00. The standard InChI is InChI=1S/C14H24N4O/c1-17(2)13-6-4-5-12(13)16-14(19)8-7-11-9-10-15-18(11)3/h9-10,12-13H,4-8H2,1-3H3,(H,16,19)/t12-,13-/m1/s1. The van der Waals surface area contributed by atoms with E-state index in [0.29, 0.717) is 18.5 Å². The summed E-state index contributed by atoms with van der Waals surface area (Å²) in [7, 11) is 6.09. The van der Waals surface area contributed by atoms with Crippen LogP contribution in [0, 0.1) is 0 Å². The molecule has 1 aromatic heterocycles. The van der Waals surface area contributed by atoms with Gasteiger partial charge in [-0.3, -0.25) is 9.48 Å². The number of carbonyl (C=O) groups excluding carboxylic acids is 1. The van der Waals surface area contributed by atoms with Gasteiger partial charge >= 0.3 is 0 Å². The zero-order valence-electron chi connectivity index (χ0n) is 12.1. The normalized spacial score (nSPS) is 22.9. The second-order valence-electron chi connectivity index (χ2n) is 5.58. The van der Waals surface area contributed by atoms with Crippen molar-refractivity contribution in [2.24, 2.45) is 7.05 Å². The molecule has 19 heavy (non-hydrogen) atoms. The molecule has 1 saturated carbocycles. The Morgan fingerprint density at radius 1 is 1.53 bits per heavy atom. The van der Waals surface area contributed by atoms with Gasteiger partial charge < -0.3 is 10.2 Å². The average molecular weight is 264 g/mol. The molecule has 1 fully saturated rings. The van der Waals surface area contributed by atoms with Gasteiger partial charge in [0.25, 0.3) is 0 Å². The van der Waals surface area contributed by atoms with Crippen LogP contribution in [0.3, 0.4) is 0 Å². The maximum absolute atomic E-state index is 12.0. The van der Waals surface area contributed by atoms with Crippen LogP contribution < -0.4 is 5.32 Å². The summed E-state index contributed by atoms with van der Waals surface area (Å²) in [6.45, 7) is 0. The molecule has 1 aromatic rings. The fraction of sp³-hybridized carbons (Fsp3) is 0.714. The highest BCUT2D eigenvalue weighted by atomic mass is 16.1. The number of hydrogen-bond acceptors (Lipinski definition) is 3. The van der Waals surface area contributed by atoms with Crippen molar-refractivity contribution in [3.05, 3.63) is 18.0 Å². The fourth-order valence-electron chi connectivity index (χ4n) is 2.89. The fourth-order valence-corrected chi connectivity index (χ4v) is 2.89. The second-order valence-corrected chi connectivity index (χ2v) is 5.58. The summed E-state index contributed by atoms with van der Waals surface area (Å²) >= 11 is 0. The molecule has 0 bridgehead atoms. The van der Waals surface area contributed by atoms with Crippen molar-refractivity contribution in [1.29, 1.82) is 0 Å². The van der Waals surface area contributed by atoms with Crippen LogP contribution in [0.4, 0.5) is 0 Å². The van der Waals surface area contributed by atoms with E-state index in [9.17, 15) is 4.79 Å². The molecular weight excluding hydrogens is 240 g/mol. The Balaban J connectivity index is 1.80. The number of nitrogens with one attached hydrogen (secondary N) is 1. The Morgan fingerprint density at radius 3 is 2.95 bits per heavy atom. The number of rotatable bonds is 5. The minimum absolute atomic E-state index is 0.153. The van der Waals surface area contributed by atoms with Crippen molar-refractivity contribution in [1.82, 2.24) is 20.0 Å². The van der Waals surface area contributed by atoms with Crippen LogP contribution >= 0.6 is 0 Å². The van der Waals surface area contributed by atoms with E-state index < -0.39 is 0 Å². The summed E-state index contributed by atoms with van der Waals surface area (Å²) in [4.78, 5) is 14.2. The van der Waals surface area contributed by atoms with Crippen LogP contribution in [0.15, 0.2) is 12.3 Å². The minimum atomic E-state index is 0.153. The van der Waals surface area contributed by atoms with Crippen LogP contribution in [0.1, 0.15) is 31.4 Å². The van der Waals surface area contributed by atoms with E-state index in [1.54, 1.807) is 6.20 Å². The smallest absolute Gasteiger partial charge is 0.220 e. The molecule has 0 spiro atoms. The molecule has 1 aliphatic rings. The first-order valence-electron chi connectivity index (χ1n) is 7.00. The number of hydrogen-bond donors (Lipinski definition) is 1. The van der Waals surface area contributed by atoms with E-state index in [0.717, 1.165) is 18.5 Å². The Kier molecular flexibility index (Phi) is 4.58. The number of aromatic nitrogens is 2. The lowest BCUT2D eigenvalue weighted by atomic mass is 10.1. The molecule has 0 unspecified atom stereocenters.